The molecular weight excluding hydrogens is 268 g/mol. The molecule has 0 radical (unpaired) electrons. The van der Waals surface area contributed by atoms with Crippen LogP contribution in [-0.4, -0.2) is 34.4 Å². The minimum Gasteiger partial charge on any atom is -0.336 e. The Morgan fingerprint density at radius 2 is 2.14 bits per heavy atom. The van der Waals surface area contributed by atoms with Gasteiger partial charge in [0.25, 0.3) is 5.91 Å². The molecule has 6 nitrogen and oxygen atoms in total. The third kappa shape index (κ3) is 3.61. The van der Waals surface area contributed by atoms with E-state index in [2.05, 4.69) is 21.8 Å². The molecule has 0 atom stereocenters. The Labute approximate surface area is 122 Å². The second kappa shape index (κ2) is 6.59. The quantitative estimate of drug-likeness (QED) is 0.707. The van der Waals surface area contributed by atoms with E-state index >= 15 is 0 Å². The summed E-state index contributed by atoms with van der Waals surface area (Å²) in [5.74, 6) is 5.52. The van der Waals surface area contributed by atoms with Gasteiger partial charge in [-0.25, -0.2) is 4.79 Å². The molecule has 0 saturated heterocycles. The molecule has 0 bridgehead atoms. The standard InChI is InChI=1S/C15H16N4O2/c1-19(14(20)13-9-17-15(21)18-13)10-12-6-3-2-5-11(12)7-4-8-16/h2-3,5-6,9H,8,10,16H2,1H3,(H2,17,18,21). The molecule has 1 heterocycles. The van der Waals surface area contributed by atoms with Crippen LogP contribution in [0.4, 0.5) is 0 Å². The van der Waals surface area contributed by atoms with Gasteiger partial charge in [0.1, 0.15) is 5.69 Å². The number of benzene rings is 1. The highest BCUT2D eigenvalue weighted by Crippen LogP contribution is 2.11. The molecule has 0 saturated carbocycles. The number of carbonyl (C=O) groups excluding carboxylic acids is 1. The van der Waals surface area contributed by atoms with Crippen molar-refractivity contribution in [2.45, 2.75) is 6.54 Å². The molecule has 1 aromatic heterocycles. The highest BCUT2D eigenvalue weighted by Gasteiger charge is 2.14. The van der Waals surface area contributed by atoms with Crippen LogP contribution in [0.5, 0.6) is 0 Å². The Hall–Kier alpha value is -2.78. The highest BCUT2D eigenvalue weighted by atomic mass is 16.2. The summed E-state index contributed by atoms with van der Waals surface area (Å²) < 4.78 is 0. The Morgan fingerprint density at radius 1 is 1.38 bits per heavy atom. The number of hydrogen-bond donors (Lipinski definition) is 3. The smallest absolute Gasteiger partial charge is 0.323 e. The van der Waals surface area contributed by atoms with Gasteiger partial charge in [0.2, 0.25) is 0 Å². The summed E-state index contributed by atoms with van der Waals surface area (Å²) in [6.07, 6.45) is 1.36. The summed E-state index contributed by atoms with van der Waals surface area (Å²) in [5, 5.41) is 0. The lowest BCUT2D eigenvalue weighted by atomic mass is 10.1. The predicted octanol–water partition coefficient (Wildman–Crippen LogP) is 0.285. The van der Waals surface area contributed by atoms with Gasteiger partial charge < -0.3 is 20.6 Å². The van der Waals surface area contributed by atoms with Crippen LogP contribution in [0.25, 0.3) is 0 Å². The molecule has 6 heteroatoms. The van der Waals surface area contributed by atoms with E-state index in [-0.39, 0.29) is 18.1 Å². The van der Waals surface area contributed by atoms with Gasteiger partial charge in [0, 0.05) is 25.4 Å². The van der Waals surface area contributed by atoms with Crippen molar-refractivity contribution in [2.75, 3.05) is 13.6 Å². The Bertz CT molecular complexity index is 749. The Kier molecular flexibility index (Phi) is 4.59. The molecule has 1 aromatic carbocycles. The SMILES string of the molecule is CN(Cc1ccccc1C#CCN)C(=O)c1c[nH]c(=O)[nH]1. The average molecular weight is 284 g/mol. The summed E-state index contributed by atoms with van der Waals surface area (Å²) in [6, 6.07) is 7.56. The van der Waals surface area contributed by atoms with Gasteiger partial charge >= 0.3 is 5.69 Å². The zero-order chi connectivity index (χ0) is 15.2. The number of aromatic nitrogens is 2. The van der Waals surface area contributed by atoms with Crippen molar-refractivity contribution >= 4 is 5.91 Å². The minimum atomic E-state index is -0.402. The fourth-order valence-corrected chi connectivity index (χ4v) is 1.91. The number of nitrogens with one attached hydrogen (secondary N) is 2. The number of rotatable bonds is 3. The number of amides is 1. The van der Waals surface area contributed by atoms with Gasteiger partial charge in [-0.05, 0) is 11.6 Å². The summed E-state index contributed by atoms with van der Waals surface area (Å²) in [4.78, 5) is 29.6. The fourth-order valence-electron chi connectivity index (χ4n) is 1.91. The maximum absolute atomic E-state index is 12.2. The molecule has 2 aromatic rings. The first kappa shape index (κ1) is 14.6. The van der Waals surface area contributed by atoms with Crippen LogP contribution in [0.2, 0.25) is 0 Å². The maximum Gasteiger partial charge on any atom is 0.323 e. The predicted molar refractivity (Wildman–Crippen MR) is 79.6 cm³/mol. The zero-order valence-electron chi connectivity index (χ0n) is 11.6. The zero-order valence-corrected chi connectivity index (χ0v) is 11.6. The van der Waals surface area contributed by atoms with Crippen LogP contribution in [-0.2, 0) is 6.54 Å². The van der Waals surface area contributed by atoms with Gasteiger partial charge in [-0.1, -0.05) is 30.0 Å². The maximum atomic E-state index is 12.2. The van der Waals surface area contributed by atoms with Crippen LogP contribution in [0.15, 0.2) is 35.3 Å². The molecule has 0 aliphatic carbocycles. The summed E-state index contributed by atoms with van der Waals surface area (Å²) in [6.45, 7) is 0.676. The molecule has 1 amide bonds. The monoisotopic (exact) mass is 284 g/mol. The van der Waals surface area contributed by atoms with Gasteiger partial charge in [0.15, 0.2) is 0 Å². The van der Waals surface area contributed by atoms with Crippen molar-refractivity contribution < 1.29 is 4.79 Å². The van der Waals surface area contributed by atoms with E-state index in [0.29, 0.717) is 6.54 Å². The van der Waals surface area contributed by atoms with Crippen molar-refractivity contribution in [3.8, 4) is 11.8 Å². The fraction of sp³-hybridized carbons (Fsp3) is 0.200. The first-order chi connectivity index (χ1) is 10.1. The van der Waals surface area contributed by atoms with Gasteiger partial charge in [0.05, 0.1) is 6.54 Å². The number of nitrogens with zero attached hydrogens (tertiary/aromatic N) is 1. The lowest BCUT2D eigenvalue weighted by Crippen LogP contribution is -2.27. The molecule has 0 unspecified atom stereocenters. The Morgan fingerprint density at radius 3 is 2.81 bits per heavy atom. The first-order valence-electron chi connectivity index (χ1n) is 6.42. The van der Waals surface area contributed by atoms with Gasteiger partial charge in [-0.3, -0.25) is 4.79 Å². The van der Waals surface area contributed by atoms with Crippen LogP contribution < -0.4 is 11.4 Å². The third-order valence-corrected chi connectivity index (χ3v) is 2.92. The number of aromatic amines is 2. The second-order valence-corrected chi connectivity index (χ2v) is 4.48. The Balaban J connectivity index is 2.18. The lowest BCUT2D eigenvalue weighted by Gasteiger charge is -2.17. The van der Waals surface area contributed by atoms with Crippen LogP contribution in [0.3, 0.4) is 0 Å². The van der Waals surface area contributed by atoms with E-state index in [1.54, 1.807) is 7.05 Å². The van der Waals surface area contributed by atoms with E-state index in [0.717, 1.165) is 11.1 Å². The minimum absolute atomic E-state index is 0.230. The van der Waals surface area contributed by atoms with E-state index in [4.69, 9.17) is 5.73 Å². The van der Waals surface area contributed by atoms with Crippen LogP contribution >= 0.6 is 0 Å². The van der Waals surface area contributed by atoms with Crippen molar-refractivity contribution in [2.24, 2.45) is 5.73 Å². The van der Waals surface area contributed by atoms with Crippen molar-refractivity contribution in [1.29, 1.82) is 0 Å². The number of hydrogen-bond acceptors (Lipinski definition) is 3. The summed E-state index contributed by atoms with van der Waals surface area (Å²) >= 11 is 0. The number of nitrogens with two attached hydrogens (primary N) is 1. The summed E-state index contributed by atoms with van der Waals surface area (Å²) in [5.41, 5.74) is 6.97. The third-order valence-electron chi connectivity index (χ3n) is 2.92. The molecule has 108 valence electrons. The first-order valence-corrected chi connectivity index (χ1v) is 6.42. The molecule has 0 spiro atoms. The highest BCUT2D eigenvalue weighted by molar-refractivity contribution is 5.91. The second-order valence-electron chi connectivity index (χ2n) is 4.48. The van der Waals surface area contributed by atoms with E-state index < -0.39 is 5.69 Å². The van der Waals surface area contributed by atoms with Crippen LogP contribution in [0.1, 0.15) is 21.6 Å². The molecule has 21 heavy (non-hydrogen) atoms. The normalized spacial score (nSPS) is 9.81. The van der Waals surface area contributed by atoms with Crippen molar-refractivity contribution in [3.05, 3.63) is 57.8 Å². The van der Waals surface area contributed by atoms with Crippen molar-refractivity contribution in [3.63, 3.8) is 0 Å². The average Bonchev–Trinajstić information content (AvgIpc) is 2.92. The molecule has 0 aliphatic rings. The van der Waals surface area contributed by atoms with E-state index in [1.165, 1.54) is 11.1 Å². The lowest BCUT2D eigenvalue weighted by molar-refractivity contribution is 0.0779. The molecule has 0 aliphatic heterocycles. The number of imidazole rings is 1. The largest absolute Gasteiger partial charge is 0.336 e. The number of H-pyrrole nitrogens is 2. The van der Waals surface area contributed by atoms with Gasteiger partial charge in [-0.2, -0.15) is 0 Å². The van der Waals surface area contributed by atoms with Gasteiger partial charge in [-0.15, -0.1) is 0 Å². The van der Waals surface area contributed by atoms with E-state index in [9.17, 15) is 9.59 Å². The van der Waals surface area contributed by atoms with Crippen LogP contribution in [0, 0.1) is 11.8 Å². The van der Waals surface area contributed by atoms with E-state index in [1.807, 2.05) is 24.3 Å². The van der Waals surface area contributed by atoms with Crippen molar-refractivity contribution in [1.82, 2.24) is 14.9 Å². The summed E-state index contributed by atoms with van der Waals surface area (Å²) in [7, 11) is 1.67. The molecule has 0 fully saturated rings. The topological polar surface area (TPSA) is 95.0 Å². The molecular formula is C15H16N4O2. The molecule has 4 N–H and O–H groups in total. The molecule has 2 rings (SSSR count). The number of carbonyl (C=O) groups is 1.